The lowest BCUT2D eigenvalue weighted by molar-refractivity contribution is -0.140. The first kappa shape index (κ1) is 26.2. The van der Waals surface area contributed by atoms with Crippen LogP contribution >= 0.6 is 0 Å². The highest BCUT2D eigenvalue weighted by atomic mass is 16.3. The second kappa shape index (κ2) is 12.0. The first-order chi connectivity index (χ1) is 18.5. The Morgan fingerprint density at radius 2 is 1.82 bits per heavy atom. The zero-order valence-corrected chi connectivity index (χ0v) is 22.1. The molecule has 3 amide bonds. The Morgan fingerprint density at radius 1 is 1.05 bits per heavy atom. The van der Waals surface area contributed by atoms with E-state index in [4.69, 9.17) is 9.41 Å². The number of aliphatic imine (C=N–C) groups is 1. The molecule has 10 nitrogen and oxygen atoms in total. The summed E-state index contributed by atoms with van der Waals surface area (Å²) in [4.78, 5) is 47.7. The van der Waals surface area contributed by atoms with Gasteiger partial charge in [0.2, 0.25) is 23.7 Å². The smallest absolute Gasteiger partial charge is 0.247 e. The topological polar surface area (TPSA) is 119 Å². The van der Waals surface area contributed by atoms with Crippen molar-refractivity contribution in [2.24, 2.45) is 10.9 Å². The summed E-state index contributed by atoms with van der Waals surface area (Å²) >= 11 is 0. The van der Waals surface area contributed by atoms with Crippen molar-refractivity contribution in [3.05, 3.63) is 30.0 Å². The van der Waals surface area contributed by atoms with Crippen molar-refractivity contribution in [1.29, 1.82) is 0 Å². The monoisotopic (exact) mass is 522 g/mol. The van der Waals surface area contributed by atoms with E-state index in [1.54, 1.807) is 4.90 Å². The number of rotatable bonds is 5. The van der Waals surface area contributed by atoms with Crippen LogP contribution in [0.15, 0.2) is 33.7 Å². The second-order valence-electron chi connectivity index (χ2n) is 10.6. The molecule has 38 heavy (non-hydrogen) atoms. The SMILES string of the molecule is Cc1cc2cc(NC(=NC3CCCCN(CC(=O)N4CCCC4)C3=O)NC(=O)C3CCNCC3)ccc2o1. The fourth-order valence-electron chi connectivity index (χ4n) is 5.54. The van der Waals surface area contributed by atoms with Crippen LogP contribution in [-0.4, -0.2) is 78.8 Å². The highest BCUT2D eigenvalue weighted by Crippen LogP contribution is 2.23. The minimum absolute atomic E-state index is 0.00162. The number of carbonyl (C=O) groups is 3. The normalized spacial score (nSPS) is 21.6. The van der Waals surface area contributed by atoms with Gasteiger partial charge in [-0.1, -0.05) is 0 Å². The van der Waals surface area contributed by atoms with Crippen LogP contribution in [0.4, 0.5) is 5.69 Å². The van der Waals surface area contributed by atoms with Crippen molar-refractivity contribution < 1.29 is 18.8 Å². The number of nitrogens with zero attached hydrogens (tertiary/aromatic N) is 3. The lowest BCUT2D eigenvalue weighted by Gasteiger charge is -2.26. The Hall–Kier alpha value is -3.40. The highest BCUT2D eigenvalue weighted by molar-refractivity contribution is 6.06. The van der Waals surface area contributed by atoms with Gasteiger partial charge >= 0.3 is 0 Å². The van der Waals surface area contributed by atoms with Gasteiger partial charge in [0.1, 0.15) is 17.4 Å². The molecular formula is C28H38N6O4. The van der Waals surface area contributed by atoms with Crippen molar-refractivity contribution in [3.63, 3.8) is 0 Å². The number of amides is 3. The van der Waals surface area contributed by atoms with Crippen LogP contribution in [0, 0.1) is 12.8 Å². The Balaban J connectivity index is 1.36. The van der Waals surface area contributed by atoms with Gasteiger partial charge in [0.25, 0.3) is 0 Å². The van der Waals surface area contributed by atoms with Crippen molar-refractivity contribution in [1.82, 2.24) is 20.4 Å². The van der Waals surface area contributed by atoms with E-state index < -0.39 is 6.04 Å². The van der Waals surface area contributed by atoms with Gasteiger partial charge in [-0.15, -0.1) is 0 Å². The van der Waals surface area contributed by atoms with Gasteiger partial charge in [0, 0.05) is 36.6 Å². The van der Waals surface area contributed by atoms with Crippen LogP contribution in [-0.2, 0) is 14.4 Å². The molecule has 204 valence electrons. The Labute approximate surface area is 223 Å². The average Bonchev–Trinajstić information content (AvgIpc) is 3.55. The van der Waals surface area contributed by atoms with E-state index in [-0.39, 0.29) is 36.1 Å². The van der Waals surface area contributed by atoms with Gasteiger partial charge in [-0.2, -0.15) is 0 Å². The Morgan fingerprint density at radius 3 is 2.61 bits per heavy atom. The minimum atomic E-state index is -0.667. The Bertz CT molecular complexity index is 1200. The molecule has 1 aromatic carbocycles. The summed E-state index contributed by atoms with van der Waals surface area (Å²) in [6.45, 7) is 5.67. The standard InChI is InChI=1S/C28H38N6O4/c1-19-16-21-17-22(7-8-24(21)38-19)30-28(32-26(36)20-9-11-29-12-10-20)31-23-6-2-3-15-34(27(23)37)18-25(35)33-13-4-5-14-33/h7-8,16-17,20,23,29H,2-6,9-15,18H2,1H3,(H2,30,31,32,36). The van der Waals surface area contributed by atoms with E-state index in [2.05, 4.69) is 16.0 Å². The predicted octanol–water partition coefficient (Wildman–Crippen LogP) is 2.63. The number of furan rings is 1. The molecule has 3 saturated heterocycles. The number of fused-ring (bicyclic) bond motifs is 1. The molecule has 3 aliphatic rings. The number of hydrogen-bond donors (Lipinski definition) is 3. The van der Waals surface area contributed by atoms with E-state index in [1.165, 1.54) is 0 Å². The molecule has 10 heteroatoms. The van der Waals surface area contributed by atoms with Gasteiger partial charge in [-0.3, -0.25) is 19.7 Å². The highest BCUT2D eigenvalue weighted by Gasteiger charge is 2.31. The van der Waals surface area contributed by atoms with E-state index in [9.17, 15) is 14.4 Å². The largest absolute Gasteiger partial charge is 0.461 e. The molecule has 0 radical (unpaired) electrons. The molecule has 4 heterocycles. The van der Waals surface area contributed by atoms with Crippen LogP contribution in [0.5, 0.6) is 0 Å². The molecule has 5 rings (SSSR count). The second-order valence-corrected chi connectivity index (χ2v) is 10.6. The third-order valence-corrected chi connectivity index (χ3v) is 7.68. The van der Waals surface area contributed by atoms with Gasteiger partial charge in [-0.05, 0) is 89.2 Å². The zero-order valence-electron chi connectivity index (χ0n) is 22.1. The quantitative estimate of drug-likeness (QED) is 0.410. The lowest BCUT2D eigenvalue weighted by atomic mass is 9.97. The first-order valence-corrected chi connectivity index (χ1v) is 13.9. The van der Waals surface area contributed by atoms with Crippen LogP contribution in [0.2, 0.25) is 0 Å². The number of nitrogens with one attached hydrogen (secondary N) is 3. The molecule has 0 bridgehead atoms. The van der Waals surface area contributed by atoms with Crippen LogP contribution < -0.4 is 16.0 Å². The Kier molecular flexibility index (Phi) is 8.26. The summed E-state index contributed by atoms with van der Waals surface area (Å²) in [6, 6.07) is 6.97. The van der Waals surface area contributed by atoms with E-state index in [0.717, 1.165) is 87.1 Å². The third-order valence-electron chi connectivity index (χ3n) is 7.68. The number of aryl methyl sites for hydroxylation is 1. The summed E-state index contributed by atoms with van der Waals surface area (Å²) in [5.41, 5.74) is 1.52. The summed E-state index contributed by atoms with van der Waals surface area (Å²) in [6.07, 6.45) is 5.77. The fraction of sp³-hybridized carbons (Fsp3) is 0.571. The molecule has 3 aliphatic heterocycles. The van der Waals surface area contributed by atoms with Crippen LogP contribution in [0.25, 0.3) is 11.0 Å². The molecule has 1 aromatic heterocycles. The number of guanidine groups is 1. The summed E-state index contributed by atoms with van der Waals surface area (Å²) in [5.74, 6) is 0.715. The molecule has 1 unspecified atom stereocenters. The summed E-state index contributed by atoms with van der Waals surface area (Å²) in [7, 11) is 0. The third kappa shape index (κ3) is 6.35. The molecule has 0 saturated carbocycles. The zero-order chi connectivity index (χ0) is 26.5. The molecule has 3 N–H and O–H groups in total. The number of anilines is 1. The maximum absolute atomic E-state index is 13.5. The van der Waals surface area contributed by atoms with Gasteiger partial charge < -0.3 is 24.9 Å². The molecule has 0 spiro atoms. The number of benzene rings is 1. The molecule has 0 aliphatic carbocycles. The molecule has 2 aromatic rings. The lowest BCUT2D eigenvalue weighted by Crippen LogP contribution is -2.46. The van der Waals surface area contributed by atoms with E-state index >= 15 is 0 Å². The number of hydrogen-bond acceptors (Lipinski definition) is 6. The van der Waals surface area contributed by atoms with Crippen molar-refractivity contribution >= 4 is 40.3 Å². The van der Waals surface area contributed by atoms with Crippen LogP contribution in [0.3, 0.4) is 0 Å². The fourth-order valence-corrected chi connectivity index (χ4v) is 5.54. The first-order valence-electron chi connectivity index (χ1n) is 13.9. The predicted molar refractivity (Wildman–Crippen MR) is 146 cm³/mol. The van der Waals surface area contributed by atoms with Gasteiger partial charge in [0.05, 0.1) is 6.54 Å². The molecule has 3 fully saturated rings. The summed E-state index contributed by atoms with van der Waals surface area (Å²) in [5, 5.41) is 10.5. The minimum Gasteiger partial charge on any atom is -0.461 e. The van der Waals surface area contributed by atoms with E-state index in [0.29, 0.717) is 13.0 Å². The van der Waals surface area contributed by atoms with Gasteiger partial charge in [-0.25, -0.2) is 4.99 Å². The van der Waals surface area contributed by atoms with Crippen molar-refractivity contribution in [2.75, 3.05) is 44.6 Å². The number of carbonyl (C=O) groups excluding carboxylic acids is 3. The number of likely N-dealkylation sites (tertiary alicyclic amines) is 2. The van der Waals surface area contributed by atoms with Crippen LogP contribution in [0.1, 0.15) is 50.7 Å². The maximum atomic E-state index is 13.5. The van der Waals surface area contributed by atoms with Crippen molar-refractivity contribution in [3.8, 4) is 0 Å². The van der Waals surface area contributed by atoms with Crippen molar-refractivity contribution in [2.45, 2.75) is 57.9 Å². The number of piperidine rings is 1. The molecular weight excluding hydrogens is 484 g/mol. The maximum Gasteiger partial charge on any atom is 0.247 e. The van der Waals surface area contributed by atoms with Gasteiger partial charge in [0.15, 0.2) is 0 Å². The average molecular weight is 523 g/mol. The molecule has 1 atom stereocenters. The van der Waals surface area contributed by atoms with E-state index in [1.807, 2.05) is 36.1 Å². The summed E-state index contributed by atoms with van der Waals surface area (Å²) < 4.78 is 5.69.